The highest BCUT2D eigenvalue weighted by Crippen LogP contribution is 2.22. The minimum atomic E-state index is -0.607. The predicted molar refractivity (Wildman–Crippen MR) is 67.8 cm³/mol. The third-order valence-corrected chi connectivity index (χ3v) is 2.76. The molecule has 2 nitrogen and oxygen atoms in total. The Morgan fingerprint density at radius 3 is 2.47 bits per heavy atom. The maximum absolute atomic E-state index is 13.2. The molecule has 0 atom stereocenters. The Labute approximate surface area is 113 Å². The lowest BCUT2D eigenvalue weighted by atomic mass is 10.0. The largest absolute Gasteiger partial charge is 0.494 e. The van der Waals surface area contributed by atoms with Crippen molar-refractivity contribution in [2.75, 3.05) is 7.11 Å². The molecule has 0 heterocycles. The Kier molecular flexibility index (Phi) is 3.81. The smallest absolute Gasteiger partial charge is 0.193 e. The summed E-state index contributed by atoms with van der Waals surface area (Å²) in [6.07, 6.45) is 0. The molecular formula is C14H9ClF2O2. The second-order valence-corrected chi connectivity index (χ2v) is 4.27. The van der Waals surface area contributed by atoms with Crippen LogP contribution in [0.3, 0.4) is 0 Å². The number of carbonyl (C=O) groups is 1. The van der Waals surface area contributed by atoms with Crippen LogP contribution in [0.25, 0.3) is 0 Å². The van der Waals surface area contributed by atoms with Crippen LogP contribution in [0.4, 0.5) is 8.78 Å². The molecule has 98 valence electrons. The first kappa shape index (κ1) is 13.5. The van der Waals surface area contributed by atoms with Crippen molar-refractivity contribution in [1.29, 1.82) is 0 Å². The van der Waals surface area contributed by atoms with Crippen molar-refractivity contribution in [2.24, 2.45) is 0 Å². The van der Waals surface area contributed by atoms with Gasteiger partial charge in [0.25, 0.3) is 0 Å². The van der Waals surface area contributed by atoms with Gasteiger partial charge in [-0.05, 0) is 36.4 Å². The van der Waals surface area contributed by atoms with Crippen LogP contribution < -0.4 is 4.74 Å². The first-order valence-corrected chi connectivity index (χ1v) is 5.73. The van der Waals surface area contributed by atoms with Crippen molar-refractivity contribution in [1.82, 2.24) is 0 Å². The van der Waals surface area contributed by atoms with E-state index in [4.69, 9.17) is 16.3 Å². The van der Waals surface area contributed by atoms with Crippen LogP contribution in [0.2, 0.25) is 5.02 Å². The summed E-state index contributed by atoms with van der Waals surface area (Å²) < 4.78 is 31.2. The summed E-state index contributed by atoms with van der Waals surface area (Å²) in [5.41, 5.74) is 0.290. The monoisotopic (exact) mass is 282 g/mol. The van der Waals surface area contributed by atoms with Gasteiger partial charge >= 0.3 is 0 Å². The van der Waals surface area contributed by atoms with Gasteiger partial charge in [0.1, 0.15) is 5.82 Å². The Balaban J connectivity index is 2.43. The fourth-order valence-electron chi connectivity index (χ4n) is 1.65. The zero-order valence-electron chi connectivity index (χ0n) is 9.91. The number of ketones is 1. The van der Waals surface area contributed by atoms with Crippen molar-refractivity contribution < 1.29 is 18.3 Å². The summed E-state index contributed by atoms with van der Waals surface area (Å²) in [4.78, 5) is 12.1. The number of halogens is 3. The average molecular weight is 283 g/mol. The predicted octanol–water partition coefficient (Wildman–Crippen LogP) is 3.86. The first-order chi connectivity index (χ1) is 9.01. The number of carbonyl (C=O) groups excluding carboxylic acids is 1. The van der Waals surface area contributed by atoms with E-state index < -0.39 is 17.4 Å². The minimum Gasteiger partial charge on any atom is -0.494 e. The lowest BCUT2D eigenvalue weighted by Crippen LogP contribution is -2.03. The zero-order valence-corrected chi connectivity index (χ0v) is 10.7. The van der Waals surface area contributed by atoms with Gasteiger partial charge in [0.05, 0.1) is 7.11 Å². The molecule has 0 bridgehead atoms. The van der Waals surface area contributed by atoms with Gasteiger partial charge in [0, 0.05) is 16.1 Å². The van der Waals surface area contributed by atoms with Gasteiger partial charge < -0.3 is 4.74 Å². The third kappa shape index (κ3) is 2.90. The van der Waals surface area contributed by atoms with Gasteiger partial charge in [-0.25, -0.2) is 8.78 Å². The summed E-state index contributed by atoms with van der Waals surface area (Å²) in [7, 11) is 1.30. The van der Waals surface area contributed by atoms with Crippen molar-refractivity contribution >= 4 is 17.4 Å². The second kappa shape index (κ2) is 5.36. The van der Waals surface area contributed by atoms with E-state index in [9.17, 15) is 13.6 Å². The Morgan fingerprint density at radius 1 is 1.11 bits per heavy atom. The van der Waals surface area contributed by atoms with Crippen LogP contribution in [0.1, 0.15) is 15.9 Å². The molecular weight excluding hydrogens is 274 g/mol. The second-order valence-electron chi connectivity index (χ2n) is 3.84. The van der Waals surface area contributed by atoms with Crippen LogP contribution in [0.5, 0.6) is 5.75 Å². The molecule has 0 spiro atoms. The van der Waals surface area contributed by atoms with Gasteiger partial charge in [0.15, 0.2) is 17.3 Å². The SMILES string of the molecule is COc1cc(C(=O)c2cc(F)cc(Cl)c2)ccc1F. The van der Waals surface area contributed by atoms with E-state index in [-0.39, 0.29) is 21.9 Å². The molecule has 5 heteroatoms. The lowest BCUT2D eigenvalue weighted by molar-refractivity contribution is 0.103. The Hall–Kier alpha value is -1.94. The highest BCUT2D eigenvalue weighted by molar-refractivity contribution is 6.31. The summed E-state index contributed by atoms with van der Waals surface area (Å²) >= 11 is 5.69. The number of benzene rings is 2. The molecule has 0 unspecified atom stereocenters. The van der Waals surface area contributed by atoms with Crippen LogP contribution in [0, 0.1) is 11.6 Å². The quantitative estimate of drug-likeness (QED) is 0.799. The van der Waals surface area contributed by atoms with E-state index >= 15 is 0 Å². The number of rotatable bonds is 3. The number of hydrogen-bond acceptors (Lipinski definition) is 2. The van der Waals surface area contributed by atoms with Gasteiger partial charge in [-0.2, -0.15) is 0 Å². The van der Waals surface area contributed by atoms with Gasteiger partial charge in [-0.3, -0.25) is 4.79 Å². The molecule has 0 aromatic heterocycles. The van der Waals surface area contributed by atoms with E-state index in [2.05, 4.69) is 0 Å². The fourth-order valence-corrected chi connectivity index (χ4v) is 1.87. The van der Waals surface area contributed by atoms with Crippen LogP contribution in [0.15, 0.2) is 36.4 Å². The highest BCUT2D eigenvalue weighted by Gasteiger charge is 2.14. The summed E-state index contributed by atoms with van der Waals surface area (Å²) in [5, 5.41) is 0.123. The number of hydrogen-bond donors (Lipinski definition) is 0. The van der Waals surface area contributed by atoms with Crippen molar-refractivity contribution in [2.45, 2.75) is 0 Å². The summed E-state index contributed by atoms with van der Waals surface area (Å²) in [6, 6.07) is 7.21. The van der Waals surface area contributed by atoms with Crippen molar-refractivity contribution in [3.05, 3.63) is 64.2 Å². The van der Waals surface area contributed by atoms with E-state index in [0.29, 0.717) is 0 Å². The van der Waals surface area contributed by atoms with Crippen molar-refractivity contribution in [3.8, 4) is 5.75 Å². The van der Waals surface area contributed by atoms with E-state index in [0.717, 1.165) is 18.2 Å². The molecule has 2 rings (SSSR count). The van der Waals surface area contributed by atoms with Gasteiger partial charge in [-0.1, -0.05) is 11.6 Å². The standard InChI is InChI=1S/C14H9ClF2O2/c1-19-13-6-8(2-3-12(13)17)14(18)9-4-10(15)7-11(16)5-9/h2-7H,1H3. The molecule has 0 amide bonds. The molecule has 0 N–H and O–H groups in total. The molecule has 0 saturated heterocycles. The zero-order chi connectivity index (χ0) is 14.0. The van der Waals surface area contributed by atoms with Gasteiger partial charge in [0.2, 0.25) is 0 Å². The average Bonchev–Trinajstić information content (AvgIpc) is 2.37. The van der Waals surface area contributed by atoms with Crippen LogP contribution >= 0.6 is 11.6 Å². The number of ether oxygens (including phenoxy) is 1. The van der Waals surface area contributed by atoms with E-state index in [1.165, 1.54) is 25.3 Å². The molecule has 0 saturated carbocycles. The fraction of sp³-hybridized carbons (Fsp3) is 0.0714. The normalized spacial score (nSPS) is 10.3. The molecule has 0 radical (unpaired) electrons. The lowest BCUT2D eigenvalue weighted by Gasteiger charge is -2.06. The topological polar surface area (TPSA) is 26.3 Å². The summed E-state index contributed by atoms with van der Waals surface area (Å²) in [5.74, 6) is -1.69. The Bertz CT molecular complexity index is 621. The van der Waals surface area contributed by atoms with E-state index in [1.807, 2.05) is 0 Å². The highest BCUT2D eigenvalue weighted by atomic mass is 35.5. The maximum atomic E-state index is 13.2. The van der Waals surface area contributed by atoms with Crippen molar-refractivity contribution in [3.63, 3.8) is 0 Å². The van der Waals surface area contributed by atoms with Crippen LogP contribution in [-0.4, -0.2) is 12.9 Å². The maximum Gasteiger partial charge on any atom is 0.193 e. The van der Waals surface area contributed by atoms with Gasteiger partial charge in [-0.15, -0.1) is 0 Å². The molecule has 2 aromatic carbocycles. The molecule has 2 aromatic rings. The minimum absolute atomic E-state index is 0.0478. The molecule has 0 fully saturated rings. The molecule has 0 aliphatic rings. The first-order valence-electron chi connectivity index (χ1n) is 5.35. The molecule has 0 aliphatic carbocycles. The third-order valence-electron chi connectivity index (χ3n) is 2.54. The Morgan fingerprint density at radius 2 is 1.84 bits per heavy atom. The molecule has 19 heavy (non-hydrogen) atoms. The van der Waals surface area contributed by atoms with E-state index in [1.54, 1.807) is 0 Å². The number of methoxy groups -OCH3 is 1. The van der Waals surface area contributed by atoms with Crippen LogP contribution in [-0.2, 0) is 0 Å². The molecule has 0 aliphatic heterocycles. The summed E-state index contributed by atoms with van der Waals surface area (Å²) in [6.45, 7) is 0.